The standard InChI is InChI=1S/C15H22N2O5/c1-5-21-13(19)11-9-10(7-6-8-16)12(18)17(11)14(20)22-15(2,3)4/h10-11H,5-7,9H2,1-4H3. The summed E-state index contributed by atoms with van der Waals surface area (Å²) in [6.07, 6.45) is -0.188. The molecule has 0 bridgehead atoms. The van der Waals surface area contributed by atoms with Crippen molar-refractivity contribution in [1.82, 2.24) is 4.90 Å². The molecule has 7 nitrogen and oxygen atoms in total. The summed E-state index contributed by atoms with van der Waals surface area (Å²) in [5.74, 6) is -1.65. The molecule has 1 saturated heterocycles. The molecule has 1 aliphatic heterocycles. The average Bonchev–Trinajstić information content (AvgIpc) is 2.72. The molecule has 2 unspecified atom stereocenters. The van der Waals surface area contributed by atoms with E-state index < -0.39 is 35.5 Å². The fraction of sp³-hybridized carbons (Fsp3) is 0.733. The Balaban J connectivity index is 2.96. The zero-order valence-corrected chi connectivity index (χ0v) is 13.4. The number of rotatable bonds is 4. The van der Waals surface area contributed by atoms with E-state index in [0.29, 0.717) is 6.42 Å². The monoisotopic (exact) mass is 310 g/mol. The maximum atomic E-state index is 12.4. The molecular weight excluding hydrogens is 288 g/mol. The van der Waals surface area contributed by atoms with Gasteiger partial charge in [0, 0.05) is 12.3 Å². The fourth-order valence-corrected chi connectivity index (χ4v) is 2.27. The maximum Gasteiger partial charge on any atom is 0.417 e. The van der Waals surface area contributed by atoms with Crippen molar-refractivity contribution in [1.29, 1.82) is 5.26 Å². The van der Waals surface area contributed by atoms with E-state index in [9.17, 15) is 14.4 Å². The van der Waals surface area contributed by atoms with Crippen molar-refractivity contribution < 1.29 is 23.9 Å². The predicted molar refractivity (Wildman–Crippen MR) is 76.5 cm³/mol. The number of carbonyl (C=O) groups excluding carboxylic acids is 3. The smallest absolute Gasteiger partial charge is 0.417 e. The SMILES string of the molecule is CCOC(=O)C1CC(CCC#N)C(=O)N1C(=O)OC(C)(C)C. The first-order chi connectivity index (χ1) is 10.2. The van der Waals surface area contributed by atoms with Crippen LogP contribution >= 0.6 is 0 Å². The van der Waals surface area contributed by atoms with Crippen molar-refractivity contribution in [2.45, 2.75) is 58.6 Å². The van der Waals surface area contributed by atoms with Crippen LogP contribution in [0.15, 0.2) is 0 Å². The molecule has 1 aliphatic rings. The lowest BCUT2D eigenvalue weighted by Crippen LogP contribution is -2.46. The molecule has 0 radical (unpaired) electrons. The van der Waals surface area contributed by atoms with Crippen LogP contribution in [0.3, 0.4) is 0 Å². The summed E-state index contributed by atoms with van der Waals surface area (Å²) in [5, 5.41) is 8.64. The number of likely N-dealkylation sites (tertiary alicyclic amines) is 1. The van der Waals surface area contributed by atoms with E-state index >= 15 is 0 Å². The molecule has 0 saturated carbocycles. The lowest BCUT2D eigenvalue weighted by Gasteiger charge is -2.26. The molecule has 1 heterocycles. The van der Waals surface area contributed by atoms with Gasteiger partial charge in [0.05, 0.1) is 12.7 Å². The molecular formula is C15H22N2O5. The maximum absolute atomic E-state index is 12.4. The van der Waals surface area contributed by atoms with Gasteiger partial charge in [-0.15, -0.1) is 0 Å². The Morgan fingerprint density at radius 2 is 2.05 bits per heavy atom. The van der Waals surface area contributed by atoms with Gasteiger partial charge in [-0.25, -0.2) is 14.5 Å². The molecule has 7 heteroatoms. The molecule has 22 heavy (non-hydrogen) atoms. The van der Waals surface area contributed by atoms with Crippen LogP contribution in [0, 0.1) is 17.2 Å². The van der Waals surface area contributed by atoms with Gasteiger partial charge in [0.25, 0.3) is 0 Å². The fourth-order valence-electron chi connectivity index (χ4n) is 2.27. The van der Waals surface area contributed by atoms with Crippen LogP contribution < -0.4 is 0 Å². The first-order valence-corrected chi connectivity index (χ1v) is 7.31. The molecule has 1 fully saturated rings. The van der Waals surface area contributed by atoms with Crippen molar-refractivity contribution in [3.05, 3.63) is 0 Å². The van der Waals surface area contributed by atoms with E-state index in [0.717, 1.165) is 4.90 Å². The highest BCUT2D eigenvalue weighted by atomic mass is 16.6. The third-order valence-electron chi connectivity index (χ3n) is 3.16. The topological polar surface area (TPSA) is 96.7 Å². The van der Waals surface area contributed by atoms with Crippen LogP contribution in [0.2, 0.25) is 0 Å². The Morgan fingerprint density at radius 3 is 2.55 bits per heavy atom. The molecule has 122 valence electrons. The summed E-state index contributed by atoms with van der Waals surface area (Å²) in [6.45, 7) is 6.85. The molecule has 2 amide bonds. The second-order valence-corrected chi connectivity index (χ2v) is 6.09. The summed E-state index contributed by atoms with van der Waals surface area (Å²) in [6, 6.07) is 0.983. The number of carbonyl (C=O) groups is 3. The summed E-state index contributed by atoms with van der Waals surface area (Å²) >= 11 is 0. The van der Waals surface area contributed by atoms with E-state index in [-0.39, 0.29) is 19.4 Å². The van der Waals surface area contributed by atoms with Crippen molar-refractivity contribution >= 4 is 18.0 Å². The highest BCUT2D eigenvalue weighted by molar-refractivity contribution is 6.00. The first kappa shape index (κ1) is 18.0. The Morgan fingerprint density at radius 1 is 1.41 bits per heavy atom. The minimum atomic E-state index is -0.981. The van der Waals surface area contributed by atoms with Gasteiger partial charge in [0.15, 0.2) is 0 Å². The second kappa shape index (κ2) is 7.25. The van der Waals surface area contributed by atoms with Gasteiger partial charge in [-0.2, -0.15) is 5.26 Å². The number of esters is 1. The molecule has 0 aromatic rings. The molecule has 1 rings (SSSR count). The van der Waals surface area contributed by atoms with Gasteiger partial charge in [0.2, 0.25) is 5.91 Å². The highest BCUT2D eigenvalue weighted by Crippen LogP contribution is 2.30. The summed E-state index contributed by atoms with van der Waals surface area (Å²) in [7, 11) is 0. The number of ether oxygens (including phenoxy) is 2. The average molecular weight is 310 g/mol. The third-order valence-corrected chi connectivity index (χ3v) is 3.16. The second-order valence-electron chi connectivity index (χ2n) is 6.09. The van der Waals surface area contributed by atoms with Crippen LogP contribution in [0.25, 0.3) is 0 Å². The third kappa shape index (κ3) is 4.45. The molecule has 0 spiro atoms. The Kier molecular flexibility index (Phi) is 5.92. The number of hydrogen-bond acceptors (Lipinski definition) is 6. The van der Waals surface area contributed by atoms with Crippen LogP contribution in [0.1, 0.15) is 47.0 Å². The molecule has 0 aromatic carbocycles. The minimum absolute atomic E-state index is 0.161. The molecule has 0 aliphatic carbocycles. The van der Waals surface area contributed by atoms with Crippen molar-refractivity contribution in [2.75, 3.05) is 6.61 Å². The normalized spacial score (nSPS) is 21.4. The van der Waals surface area contributed by atoms with Gasteiger partial charge in [-0.1, -0.05) is 0 Å². The number of amides is 2. The van der Waals surface area contributed by atoms with Gasteiger partial charge < -0.3 is 9.47 Å². The Bertz CT molecular complexity index is 489. The zero-order valence-electron chi connectivity index (χ0n) is 13.4. The number of nitrogens with zero attached hydrogens (tertiary/aromatic N) is 2. The van der Waals surface area contributed by atoms with E-state index in [2.05, 4.69) is 0 Å². The summed E-state index contributed by atoms with van der Waals surface area (Å²) in [5.41, 5.74) is -0.776. The lowest BCUT2D eigenvalue weighted by molar-refractivity contribution is -0.151. The van der Waals surface area contributed by atoms with E-state index in [1.165, 1.54) is 0 Å². The van der Waals surface area contributed by atoms with Crippen LogP contribution in [0.4, 0.5) is 4.79 Å². The van der Waals surface area contributed by atoms with Crippen LogP contribution in [0.5, 0.6) is 0 Å². The van der Waals surface area contributed by atoms with Gasteiger partial charge >= 0.3 is 12.1 Å². The van der Waals surface area contributed by atoms with Crippen LogP contribution in [-0.2, 0) is 19.1 Å². The lowest BCUT2D eigenvalue weighted by atomic mass is 10.00. The van der Waals surface area contributed by atoms with E-state index in [1.807, 2.05) is 6.07 Å². The number of imide groups is 1. The molecule has 0 aromatic heterocycles. The van der Waals surface area contributed by atoms with Crippen molar-refractivity contribution in [3.63, 3.8) is 0 Å². The number of nitriles is 1. The molecule has 2 atom stereocenters. The minimum Gasteiger partial charge on any atom is -0.464 e. The number of hydrogen-bond donors (Lipinski definition) is 0. The predicted octanol–water partition coefficient (Wildman–Crippen LogP) is 2.01. The van der Waals surface area contributed by atoms with E-state index in [4.69, 9.17) is 14.7 Å². The molecule has 0 N–H and O–H groups in total. The van der Waals surface area contributed by atoms with Gasteiger partial charge in [-0.3, -0.25) is 4.79 Å². The summed E-state index contributed by atoms with van der Waals surface area (Å²) < 4.78 is 10.1. The van der Waals surface area contributed by atoms with Gasteiger partial charge in [0.1, 0.15) is 11.6 Å². The van der Waals surface area contributed by atoms with Crippen molar-refractivity contribution in [3.8, 4) is 6.07 Å². The van der Waals surface area contributed by atoms with E-state index in [1.54, 1.807) is 27.7 Å². The quantitative estimate of drug-likeness (QED) is 0.737. The largest absolute Gasteiger partial charge is 0.464 e. The van der Waals surface area contributed by atoms with Crippen molar-refractivity contribution in [2.24, 2.45) is 5.92 Å². The van der Waals surface area contributed by atoms with Crippen LogP contribution in [-0.4, -0.2) is 41.1 Å². The first-order valence-electron chi connectivity index (χ1n) is 7.31. The Labute approximate surface area is 130 Å². The zero-order chi connectivity index (χ0) is 16.9. The summed E-state index contributed by atoms with van der Waals surface area (Å²) in [4.78, 5) is 37.4. The highest BCUT2D eigenvalue weighted by Gasteiger charge is 2.48. The van der Waals surface area contributed by atoms with Gasteiger partial charge in [-0.05, 0) is 40.5 Å². The Hall–Kier alpha value is -2.10.